The van der Waals surface area contributed by atoms with Crippen molar-refractivity contribution < 1.29 is 0 Å². The SMILES string of the molecule is CC(C)n1c(=O)c2cnc(Nc3ccc4c(c3)CCNC4)nc2n1-c1ccc(C(C)(C)C)s1. The first-order chi connectivity index (χ1) is 15.7. The van der Waals surface area contributed by atoms with Crippen LogP contribution in [0.1, 0.15) is 56.7 Å². The van der Waals surface area contributed by atoms with E-state index < -0.39 is 0 Å². The molecule has 1 aromatic carbocycles. The second-order valence-electron chi connectivity index (χ2n) is 9.91. The van der Waals surface area contributed by atoms with Crippen molar-refractivity contribution in [1.82, 2.24) is 24.6 Å². The van der Waals surface area contributed by atoms with E-state index in [1.807, 2.05) is 18.5 Å². The number of fused-ring (bicyclic) bond motifs is 2. The normalized spacial score (nSPS) is 14.1. The molecule has 3 aromatic heterocycles. The molecule has 0 spiro atoms. The zero-order chi connectivity index (χ0) is 23.3. The van der Waals surface area contributed by atoms with Crippen molar-refractivity contribution in [3.63, 3.8) is 0 Å². The molecule has 5 rings (SSSR count). The lowest BCUT2D eigenvalue weighted by molar-refractivity contribution is 0.478. The summed E-state index contributed by atoms with van der Waals surface area (Å²) in [6.07, 6.45) is 2.65. The minimum Gasteiger partial charge on any atom is -0.324 e. The first-order valence-electron chi connectivity index (χ1n) is 11.4. The van der Waals surface area contributed by atoms with Crippen LogP contribution in [0.4, 0.5) is 11.6 Å². The number of anilines is 2. The van der Waals surface area contributed by atoms with Crippen molar-refractivity contribution >= 4 is 34.0 Å². The van der Waals surface area contributed by atoms with Gasteiger partial charge in [0.2, 0.25) is 5.95 Å². The van der Waals surface area contributed by atoms with Crippen molar-refractivity contribution in [1.29, 1.82) is 0 Å². The molecule has 1 aliphatic rings. The number of rotatable bonds is 4. The van der Waals surface area contributed by atoms with Crippen molar-refractivity contribution in [3.05, 3.63) is 62.9 Å². The predicted octanol–water partition coefficient (Wildman–Crippen LogP) is 4.91. The fourth-order valence-corrected chi connectivity index (χ4v) is 5.33. The molecule has 0 amide bonds. The highest BCUT2D eigenvalue weighted by Gasteiger charge is 2.23. The minimum atomic E-state index is -0.0708. The number of benzene rings is 1. The lowest BCUT2D eigenvalue weighted by atomic mass is 9.95. The van der Waals surface area contributed by atoms with Crippen molar-refractivity contribution in [3.8, 4) is 5.00 Å². The molecule has 1 aliphatic heterocycles. The fourth-order valence-electron chi connectivity index (χ4n) is 4.27. The highest BCUT2D eigenvalue weighted by molar-refractivity contribution is 7.14. The Labute approximate surface area is 197 Å². The van der Waals surface area contributed by atoms with Gasteiger partial charge in [-0.2, -0.15) is 4.98 Å². The molecule has 0 unspecified atom stereocenters. The van der Waals surface area contributed by atoms with E-state index in [1.54, 1.807) is 22.2 Å². The number of nitrogens with zero attached hydrogens (tertiary/aromatic N) is 4. The standard InChI is InChI=1S/C25H30N6OS/c1-15(2)30-23(32)19-14-27-24(28-18-7-6-17-13-26-11-10-16(17)12-18)29-22(19)31(30)21-9-8-20(33-21)25(3,4)5/h6-9,12,14-15,26H,10-11,13H2,1-5H3,(H,27,28,29). The third-order valence-electron chi connectivity index (χ3n) is 6.00. The average molecular weight is 463 g/mol. The Morgan fingerprint density at radius 2 is 1.97 bits per heavy atom. The average Bonchev–Trinajstić information content (AvgIpc) is 3.37. The number of hydrogen-bond donors (Lipinski definition) is 2. The molecular formula is C25H30N6OS. The summed E-state index contributed by atoms with van der Waals surface area (Å²) in [4.78, 5) is 23.8. The van der Waals surface area contributed by atoms with Crippen LogP contribution >= 0.6 is 11.3 Å². The van der Waals surface area contributed by atoms with E-state index in [2.05, 4.69) is 66.7 Å². The molecule has 0 saturated carbocycles. The van der Waals surface area contributed by atoms with E-state index in [0.717, 1.165) is 30.2 Å². The Bertz CT molecular complexity index is 1390. The molecule has 2 N–H and O–H groups in total. The minimum absolute atomic E-state index is 0.0162. The Kier molecular flexibility index (Phi) is 5.37. The number of nitrogens with one attached hydrogen (secondary N) is 2. The van der Waals surface area contributed by atoms with Crippen LogP contribution in [0.25, 0.3) is 16.0 Å². The van der Waals surface area contributed by atoms with Crippen molar-refractivity contribution in [2.75, 3.05) is 11.9 Å². The smallest absolute Gasteiger partial charge is 0.278 e. The van der Waals surface area contributed by atoms with Gasteiger partial charge in [-0.25, -0.2) is 14.3 Å². The van der Waals surface area contributed by atoms with Gasteiger partial charge in [0.05, 0.1) is 0 Å². The number of hydrogen-bond acceptors (Lipinski definition) is 6. The van der Waals surface area contributed by atoms with Crippen molar-refractivity contribution in [2.45, 2.75) is 59.0 Å². The third kappa shape index (κ3) is 3.98. The Morgan fingerprint density at radius 3 is 2.70 bits per heavy atom. The molecule has 8 heteroatoms. The molecule has 0 fully saturated rings. The fraction of sp³-hybridized carbons (Fsp3) is 0.400. The molecule has 4 aromatic rings. The van der Waals surface area contributed by atoms with Gasteiger partial charge < -0.3 is 10.6 Å². The molecule has 172 valence electrons. The summed E-state index contributed by atoms with van der Waals surface area (Å²) in [7, 11) is 0. The van der Waals surface area contributed by atoms with E-state index >= 15 is 0 Å². The number of aromatic nitrogens is 4. The second kappa shape index (κ2) is 8.11. The first kappa shape index (κ1) is 21.9. The highest BCUT2D eigenvalue weighted by atomic mass is 32.1. The van der Waals surface area contributed by atoms with Crippen LogP contribution < -0.4 is 16.2 Å². The Morgan fingerprint density at radius 1 is 1.15 bits per heavy atom. The molecule has 0 saturated heterocycles. The van der Waals surface area contributed by atoms with Crippen LogP contribution in [0.2, 0.25) is 0 Å². The molecule has 0 aliphatic carbocycles. The van der Waals surface area contributed by atoms with E-state index in [4.69, 9.17) is 4.98 Å². The molecule has 0 radical (unpaired) electrons. The maximum atomic E-state index is 13.2. The van der Waals surface area contributed by atoms with Gasteiger partial charge >= 0.3 is 0 Å². The van der Waals surface area contributed by atoms with E-state index in [0.29, 0.717) is 17.0 Å². The summed E-state index contributed by atoms with van der Waals surface area (Å²) in [6.45, 7) is 12.5. The summed E-state index contributed by atoms with van der Waals surface area (Å²) in [5, 5.41) is 8.25. The monoisotopic (exact) mass is 462 g/mol. The topological polar surface area (TPSA) is 76.8 Å². The molecule has 33 heavy (non-hydrogen) atoms. The maximum absolute atomic E-state index is 13.2. The van der Waals surface area contributed by atoms with Gasteiger partial charge in [-0.15, -0.1) is 11.3 Å². The van der Waals surface area contributed by atoms with Gasteiger partial charge in [0.1, 0.15) is 10.4 Å². The Hall–Kier alpha value is -2.97. The molecule has 4 heterocycles. The molecular weight excluding hydrogens is 432 g/mol. The number of thiophene rings is 1. The summed E-state index contributed by atoms with van der Waals surface area (Å²) >= 11 is 1.69. The van der Waals surface area contributed by atoms with Crippen LogP contribution in [0.3, 0.4) is 0 Å². The largest absolute Gasteiger partial charge is 0.324 e. The second-order valence-corrected chi connectivity index (χ2v) is 11.0. The van der Waals surface area contributed by atoms with E-state index in [9.17, 15) is 4.79 Å². The first-order valence-corrected chi connectivity index (χ1v) is 12.2. The quantitative estimate of drug-likeness (QED) is 0.451. The van der Waals surface area contributed by atoms with Gasteiger partial charge in [-0.05, 0) is 67.6 Å². The predicted molar refractivity (Wildman–Crippen MR) is 135 cm³/mol. The lowest BCUT2D eigenvalue weighted by Gasteiger charge is -2.18. The van der Waals surface area contributed by atoms with Crippen LogP contribution in [0, 0.1) is 0 Å². The molecule has 0 bridgehead atoms. The van der Waals surface area contributed by atoms with Gasteiger partial charge in [0.25, 0.3) is 5.56 Å². The molecule has 7 nitrogen and oxygen atoms in total. The maximum Gasteiger partial charge on any atom is 0.278 e. The van der Waals surface area contributed by atoms with Crippen LogP contribution in [-0.4, -0.2) is 25.9 Å². The van der Waals surface area contributed by atoms with E-state index in [1.165, 1.54) is 16.0 Å². The zero-order valence-corrected chi connectivity index (χ0v) is 20.6. The van der Waals surface area contributed by atoms with E-state index in [-0.39, 0.29) is 17.0 Å². The third-order valence-corrected chi connectivity index (χ3v) is 7.49. The van der Waals surface area contributed by atoms with Crippen LogP contribution in [-0.2, 0) is 18.4 Å². The van der Waals surface area contributed by atoms with Gasteiger partial charge in [0, 0.05) is 29.3 Å². The summed E-state index contributed by atoms with van der Waals surface area (Å²) in [5.41, 5.74) is 4.22. The summed E-state index contributed by atoms with van der Waals surface area (Å²) in [6, 6.07) is 10.6. The van der Waals surface area contributed by atoms with Gasteiger partial charge in [-0.3, -0.25) is 4.79 Å². The summed E-state index contributed by atoms with van der Waals surface area (Å²) in [5.74, 6) is 0.485. The van der Waals surface area contributed by atoms with Crippen molar-refractivity contribution in [2.24, 2.45) is 0 Å². The van der Waals surface area contributed by atoms with Gasteiger partial charge in [0.15, 0.2) is 5.65 Å². The lowest BCUT2D eigenvalue weighted by Crippen LogP contribution is -2.23. The Balaban J connectivity index is 1.61. The zero-order valence-electron chi connectivity index (χ0n) is 19.8. The highest BCUT2D eigenvalue weighted by Crippen LogP contribution is 2.33. The molecule has 0 atom stereocenters. The van der Waals surface area contributed by atoms with Gasteiger partial charge in [-0.1, -0.05) is 26.8 Å². The van der Waals surface area contributed by atoms with Crippen LogP contribution in [0.5, 0.6) is 0 Å². The van der Waals surface area contributed by atoms with Crippen LogP contribution in [0.15, 0.2) is 41.3 Å². The summed E-state index contributed by atoms with van der Waals surface area (Å²) < 4.78 is 3.72.